The van der Waals surface area contributed by atoms with E-state index in [1.165, 1.54) is 26.0 Å². The lowest BCUT2D eigenvalue weighted by molar-refractivity contribution is -0.396. The van der Waals surface area contributed by atoms with Crippen LogP contribution in [0.4, 0.5) is 0 Å². The van der Waals surface area contributed by atoms with Crippen molar-refractivity contribution in [1.82, 2.24) is 0 Å². The van der Waals surface area contributed by atoms with Crippen LogP contribution in [-0.2, 0) is 80.6 Å². The van der Waals surface area contributed by atoms with Gasteiger partial charge in [0.05, 0.1) is 51.1 Å². The van der Waals surface area contributed by atoms with E-state index < -0.39 is 276 Å². The van der Waals surface area contributed by atoms with Gasteiger partial charge in [0.25, 0.3) is 10.1 Å². The third-order valence-electron chi connectivity index (χ3n) is 16.9. The maximum absolute atomic E-state index is 14.4. The zero-order valence-corrected chi connectivity index (χ0v) is 48.4. The van der Waals surface area contributed by atoms with Crippen molar-refractivity contribution in [1.29, 1.82) is 0 Å². The molecule has 15 aliphatic rings. The van der Waals surface area contributed by atoms with Crippen molar-refractivity contribution in [2.75, 3.05) is 46.2 Å². The summed E-state index contributed by atoms with van der Waals surface area (Å²) in [6, 6.07) is 2.98. The second-order valence-electron chi connectivity index (χ2n) is 22.9. The number of aryl methyl sites for hydroxylation is 3. The number of fused-ring (bicyclic) bond motifs is 7. The highest BCUT2D eigenvalue weighted by atomic mass is 32.2. The Morgan fingerprint density at radius 3 is 0.708 bits per heavy atom. The quantitative estimate of drug-likeness (QED) is 0.0967. The second kappa shape index (κ2) is 29.4. The Labute approximate surface area is 505 Å². The number of hydrogen-bond donors (Lipinski definition) is 20. The van der Waals surface area contributed by atoms with Crippen LogP contribution in [-0.4, -0.2) is 372 Å². The smallest absolute Gasteiger partial charge is 0.298 e. The first-order chi connectivity index (χ1) is 42.2. The molecule has 14 bridgehead atoms. The van der Waals surface area contributed by atoms with Crippen LogP contribution >= 0.6 is 0 Å². The van der Waals surface area contributed by atoms with Crippen molar-refractivity contribution in [3.05, 3.63) is 28.8 Å². The second-order valence-corrected chi connectivity index (χ2v) is 24.4. The van der Waals surface area contributed by atoms with E-state index in [1.54, 1.807) is 6.92 Å². The summed E-state index contributed by atoms with van der Waals surface area (Å²) < 4.78 is 116. The normalized spacial score (nSPS) is 49.7. The van der Waals surface area contributed by atoms with E-state index in [0.717, 1.165) is 0 Å². The highest BCUT2D eigenvalue weighted by Gasteiger charge is 2.60. The van der Waals surface area contributed by atoms with Gasteiger partial charge in [-0.3, -0.25) is 4.18 Å². The van der Waals surface area contributed by atoms with Crippen LogP contribution in [0.15, 0.2) is 17.0 Å². The lowest BCUT2D eigenvalue weighted by atomic mass is 9.95. The standard InChI is InChI=1S/C51H80O37S/c1-13-4-14(2)44(15(3)5-13)89(72,73)88-43-35(71)42-22(12-58)80-51(43)87-41-21(11-57)79-49(34(70)28(41)64)85-39-19(9-55)77-47(32(68)26(39)62)83-37-17(7-53)75-45(30(66)24(37)60)81-36-16(6-52)74-46(29(65)23(36)59)82-38-18(8-54)76-48(31(67)25(38)61)84-40-20(10-56)78-50(86-42)33(69)27(40)63/h4-5,16-43,45-71H,6-12H2,1-3H3/t16-,17-,18-,19-,20-,21-,22-,23-,24-,25-,26-,27-,28-,29-,30-,31-,32-,33-,34-,35+,36-,37-,38-,39-,40-,41-,42-,43-,45-,46-,47-,48-,49-,50-,51-/m1/s1. The Bertz CT molecular complexity index is 2530. The minimum Gasteiger partial charge on any atom is -0.394 e. The molecule has 37 nitrogen and oxygen atoms in total. The Kier molecular flexibility index (Phi) is 23.5. The van der Waals surface area contributed by atoms with Gasteiger partial charge in [0.2, 0.25) is 0 Å². The van der Waals surface area contributed by atoms with E-state index in [1.807, 2.05) is 0 Å². The molecule has 16 rings (SSSR count). The molecule has 1 aromatic rings. The van der Waals surface area contributed by atoms with Crippen LogP contribution in [0.25, 0.3) is 0 Å². The van der Waals surface area contributed by atoms with Gasteiger partial charge in [0, 0.05) is 0 Å². The molecule has 38 heteroatoms. The van der Waals surface area contributed by atoms with E-state index in [-0.39, 0.29) is 11.1 Å². The van der Waals surface area contributed by atoms with Gasteiger partial charge in [-0.15, -0.1) is 0 Å². The number of rotatable bonds is 10. The fourth-order valence-corrected chi connectivity index (χ4v) is 13.8. The zero-order chi connectivity index (χ0) is 65.0. The number of aliphatic hydroxyl groups excluding tert-OH is 20. The number of hydrogen-bond acceptors (Lipinski definition) is 37. The van der Waals surface area contributed by atoms with Gasteiger partial charge in [0.1, 0.15) is 165 Å². The average molecular weight is 1320 g/mol. The highest BCUT2D eigenvalue weighted by Crippen LogP contribution is 2.40. The van der Waals surface area contributed by atoms with Crippen molar-refractivity contribution in [3.8, 4) is 0 Å². The molecule has 512 valence electrons. The third kappa shape index (κ3) is 14.1. The molecule has 89 heavy (non-hydrogen) atoms. The minimum absolute atomic E-state index is 0.150. The van der Waals surface area contributed by atoms with Gasteiger partial charge < -0.3 is 168 Å². The maximum Gasteiger partial charge on any atom is 0.298 e. The number of benzene rings is 1. The summed E-state index contributed by atoms with van der Waals surface area (Å²) in [5.41, 5.74) is 0.932. The van der Waals surface area contributed by atoms with E-state index in [0.29, 0.717) is 5.56 Å². The van der Waals surface area contributed by atoms with E-state index in [9.17, 15) is 111 Å². The lowest BCUT2D eigenvalue weighted by Crippen LogP contribution is -2.68. The molecular weight excluding hydrogens is 1240 g/mol. The van der Waals surface area contributed by atoms with Crippen LogP contribution in [0.1, 0.15) is 16.7 Å². The van der Waals surface area contributed by atoms with Crippen LogP contribution < -0.4 is 0 Å². The summed E-state index contributed by atoms with van der Waals surface area (Å²) in [5, 5.41) is 224. The van der Waals surface area contributed by atoms with Crippen LogP contribution in [0.3, 0.4) is 0 Å². The summed E-state index contributed by atoms with van der Waals surface area (Å²) >= 11 is 0. The topological polar surface area (TPSA) is 577 Å². The van der Waals surface area contributed by atoms with Gasteiger partial charge in [-0.1, -0.05) is 17.7 Å². The lowest BCUT2D eigenvalue weighted by Gasteiger charge is -2.50. The van der Waals surface area contributed by atoms with Crippen molar-refractivity contribution < 1.29 is 181 Å². The summed E-state index contributed by atoms with van der Waals surface area (Å²) in [6.07, 6.45) is -73.5. The monoisotopic (exact) mass is 1320 g/mol. The molecule has 1 aromatic carbocycles. The van der Waals surface area contributed by atoms with Crippen molar-refractivity contribution in [3.63, 3.8) is 0 Å². The molecule has 35 atom stereocenters. The van der Waals surface area contributed by atoms with E-state index >= 15 is 0 Å². The molecule has 0 aromatic heterocycles. The van der Waals surface area contributed by atoms with Gasteiger partial charge in [-0.25, -0.2) is 0 Å². The molecule has 15 fully saturated rings. The Morgan fingerprint density at radius 2 is 0.494 bits per heavy atom. The Hall–Kier alpha value is -2.23. The molecule has 0 unspecified atom stereocenters. The molecule has 0 aliphatic carbocycles. The van der Waals surface area contributed by atoms with Crippen LogP contribution in [0.5, 0.6) is 0 Å². The first-order valence-corrected chi connectivity index (χ1v) is 29.9. The Morgan fingerprint density at radius 1 is 0.303 bits per heavy atom. The molecule has 15 saturated heterocycles. The molecule has 0 spiro atoms. The summed E-state index contributed by atoms with van der Waals surface area (Å²) in [4.78, 5) is -0.411. The Balaban J connectivity index is 1.05. The molecule has 20 N–H and O–H groups in total. The average Bonchev–Trinajstić information content (AvgIpc) is 1.40. The van der Waals surface area contributed by atoms with Gasteiger partial charge in [-0.05, 0) is 31.9 Å². The maximum atomic E-state index is 14.4. The molecule has 15 aliphatic heterocycles. The first-order valence-electron chi connectivity index (χ1n) is 28.5. The molecule has 0 saturated carbocycles. The zero-order valence-electron chi connectivity index (χ0n) is 47.6. The van der Waals surface area contributed by atoms with Crippen molar-refractivity contribution in [2.45, 2.75) is 241 Å². The molecular formula is C51H80O37S. The van der Waals surface area contributed by atoms with Crippen LogP contribution in [0, 0.1) is 20.8 Å². The molecule has 0 amide bonds. The van der Waals surface area contributed by atoms with Crippen molar-refractivity contribution >= 4 is 10.1 Å². The highest BCUT2D eigenvalue weighted by molar-refractivity contribution is 7.86. The SMILES string of the molecule is Cc1cc(C)c(S(=O)(=O)O[C@H]2[C@H]3O[C@H]4[C@H](O)[C@@H](O)[C@@H](O[C@H]5[C@H](O)[C@@H](O)[C@@H](O[C@H]6[C@H](O)[C@@H](O)[C@@H](O[C@H]7[C@H](O)[C@@H](O)[C@@H](O[C@H]8[C@H](O)[C@@H](O)[C@@H](O[C@H]9[C@H](O)[C@@H](O)[C@@H](O[C@@H]([C@@H]2O)[C@@H](CO)O3)O[C@@H]9CO)O[C@@H]8CO)O[C@@H]7CO)O[C@@H]6CO)O[C@@H]5CO)O[C@@H]4CO)c(C)c1. The molecule has 0 radical (unpaired) electrons. The first kappa shape index (κ1) is 71.1. The number of ether oxygens (including phenoxy) is 14. The fraction of sp³-hybridized carbons (Fsp3) is 0.882. The summed E-state index contributed by atoms with van der Waals surface area (Å²) in [7, 11) is -5.08. The number of aliphatic hydroxyl groups is 20. The molecule has 15 heterocycles. The largest absolute Gasteiger partial charge is 0.394 e. The van der Waals surface area contributed by atoms with Gasteiger partial charge >= 0.3 is 0 Å². The van der Waals surface area contributed by atoms with Gasteiger partial charge in [-0.2, -0.15) is 8.42 Å². The predicted octanol–water partition coefficient (Wildman–Crippen LogP) is -12.9. The predicted molar refractivity (Wildman–Crippen MR) is 275 cm³/mol. The van der Waals surface area contributed by atoms with E-state index in [4.69, 9.17) is 70.5 Å². The summed E-state index contributed by atoms with van der Waals surface area (Å²) in [5.74, 6) is 0. The van der Waals surface area contributed by atoms with Gasteiger partial charge in [0.15, 0.2) is 50.1 Å². The third-order valence-corrected chi connectivity index (χ3v) is 18.5. The minimum atomic E-state index is -5.08. The van der Waals surface area contributed by atoms with Crippen molar-refractivity contribution in [2.24, 2.45) is 0 Å². The summed E-state index contributed by atoms with van der Waals surface area (Å²) in [6.45, 7) is -3.23. The van der Waals surface area contributed by atoms with E-state index in [2.05, 4.69) is 0 Å². The van der Waals surface area contributed by atoms with Crippen LogP contribution in [0.2, 0.25) is 0 Å². The fourth-order valence-electron chi connectivity index (χ4n) is 12.3.